The third kappa shape index (κ3) is 4.20. The van der Waals surface area contributed by atoms with Gasteiger partial charge in [-0.25, -0.2) is 4.39 Å². The minimum absolute atomic E-state index is 0.0543. The summed E-state index contributed by atoms with van der Waals surface area (Å²) < 4.78 is 25.9. The molecule has 1 saturated heterocycles. The third-order valence-electron chi connectivity index (χ3n) is 7.38. The average molecular weight is 472 g/mol. The quantitative estimate of drug-likeness (QED) is 0.389. The molecule has 5 rings (SSSR count). The van der Waals surface area contributed by atoms with Crippen LogP contribution in [0.5, 0.6) is 11.5 Å². The molecular formula is C30H30FNO3. The second-order valence-electron chi connectivity index (χ2n) is 9.45. The summed E-state index contributed by atoms with van der Waals surface area (Å²) >= 11 is 0. The lowest BCUT2D eigenvalue weighted by molar-refractivity contribution is -0.134. The van der Waals surface area contributed by atoms with Gasteiger partial charge in [0, 0.05) is 23.9 Å². The zero-order valence-corrected chi connectivity index (χ0v) is 20.3. The van der Waals surface area contributed by atoms with Crippen molar-refractivity contribution in [1.82, 2.24) is 4.90 Å². The van der Waals surface area contributed by atoms with E-state index in [1.165, 1.54) is 6.07 Å². The minimum atomic E-state index is -0.316. The second kappa shape index (κ2) is 9.57. The molecule has 1 aliphatic heterocycles. The van der Waals surface area contributed by atoms with Crippen LogP contribution in [-0.4, -0.2) is 25.0 Å². The van der Waals surface area contributed by atoms with Gasteiger partial charge in [-0.05, 0) is 53.3 Å². The van der Waals surface area contributed by atoms with Crippen molar-refractivity contribution in [3.63, 3.8) is 0 Å². The number of halogens is 1. The maximum Gasteiger partial charge on any atom is 0.227 e. The molecule has 180 valence electrons. The van der Waals surface area contributed by atoms with Gasteiger partial charge in [0.1, 0.15) is 5.82 Å². The summed E-state index contributed by atoms with van der Waals surface area (Å²) in [5.41, 5.74) is 3.20. The van der Waals surface area contributed by atoms with Crippen LogP contribution in [0.25, 0.3) is 11.1 Å². The van der Waals surface area contributed by atoms with Crippen LogP contribution < -0.4 is 9.47 Å². The Morgan fingerprint density at radius 3 is 2.49 bits per heavy atom. The molecule has 1 aliphatic carbocycles. The smallest absolute Gasteiger partial charge is 0.227 e. The van der Waals surface area contributed by atoms with Crippen LogP contribution in [0.3, 0.4) is 0 Å². The van der Waals surface area contributed by atoms with Gasteiger partial charge in [0.15, 0.2) is 11.5 Å². The Labute approximate surface area is 206 Å². The standard InChI is InChI=1S/C30H30FNO3/c1-19-8-7-11-23-28(19)30(33)32(18-20-9-5-4-6-10-20)29(23)22-12-14-25(31)24(16-22)21-13-15-26(34-2)27(17-21)35-3/h4-7,9-17,19,23,28-29H,8,18H2,1-3H3/t19-,23+,28+,29-/m0/s1. The molecule has 0 radical (unpaired) electrons. The molecule has 0 N–H and O–H groups in total. The predicted octanol–water partition coefficient (Wildman–Crippen LogP) is 6.42. The molecular weight excluding hydrogens is 441 g/mol. The maximum absolute atomic E-state index is 15.1. The number of ether oxygens (including phenoxy) is 2. The van der Waals surface area contributed by atoms with Crippen molar-refractivity contribution in [3.8, 4) is 22.6 Å². The van der Waals surface area contributed by atoms with Crippen LogP contribution in [0, 0.1) is 23.6 Å². The first-order chi connectivity index (χ1) is 17.0. The van der Waals surface area contributed by atoms with E-state index in [2.05, 4.69) is 19.1 Å². The molecule has 0 unspecified atom stereocenters. The van der Waals surface area contributed by atoms with Crippen molar-refractivity contribution in [2.45, 2.75) is 25.9 Å². The van der Waals surface area contributed by atoms with Gasteiger partial charge in [-0.3, -0.25) is 4.79 Å². The molecule has 1 fully saturated rings. The summed E-state index contributed by atoms with van der Waals surface area (Å²) in [6.45, 7) is 2.68. The van der Waals surface area contributed by atoms with Gasteiger partial charge < -0.3 is 14.4 Å². The first-order valence-electron chi connectivity index (χ1n) is 12.0. The van der Waals surface area contributed by atoms with Gasteiger partial charge in [0.2, 0.25) is 5.91 Å². The van der Waals surface area contributed by atoms with Crippen LogP contribution in [-0.2, 0) is 11.3 Å². The van der Waals surface area contributed by atoms with E-state index < -0.39 is 0 Å². The van der Waals surface area contributed by atoms with Gasteiger partial charge in [0.05, 0.1) is 20.3 Å². The molecule has 2 aliphatic rings. The highest BCUT2D eigenvalue weighted by Gasteiger charge is 2.50. The Morgan fingerprint density at radius 1 is 0.971 bits per heavy atom. The van der Waals surface area contributed by atoms with E-state index in [-0.39, 0.29) is 35.5 Å². The van der Waals surface area contributed by atoms with Gasteiger partial charge in [-0.15, -0.1) is 0 Å². The molecule has 0 bridgehead atoms. The van der Waals surface area contributed by atoms with E-state index in [1.807, 2.05) is 53.4 Å². The van der Waals surface area contributed by atoms with Crippen molar-refractivity contribution in [1.29, 1.82) is 0 Å². The summed E-state index contributed by atoms with van der Waals surface area (Å²) in [6.07, 6.45) is 5.29. The number of carbonyl (C=O) groups excluding carboxylic acids is 1. The summed E-state index contributed by atoms with van der Waals surface area (Å²) in [6, 6.07) is 20.5. The number of methoxy groups -OCH3 is 2. The highest BCUT2D eigenvalue weighted by atomic mass is 19.1. The van der Waals surface area contributed by atoms with E-state index in [0.717, 1.165) is 17.5 Å². The van der Waals surface area contributed by atoms with Gasteiger partial charge in [-0.2, -0.15) is 0 Å². The summed E-state index contributed by atoms with van der Waals surface area (Å²) in [5.74, 6) is 1.25. The van der Waals surface area contributed by atoms with Crippen molar-refractivity contribution >= 4 is 5.91 Å². The molecule has 1 amide bonds. The molecule has 3 aromatic rings. The number of likely N-dealkylation sites (tertiary alicyclic amines) is 1. The Balaban J connectivity index is 1.59. The van der Waals surface area contributed by atoms with Crippen LogP contribution in [0.1, 0.15) is 30.5 Å². The lowest BCUT2D eigenvalue weighted by atomic mass is 9.75. The van der Waals surface area contributed by atoms with Crippen molar-refractivity contribution < 1.29 is 18.7 Å². The van der Waals surface area contributed by atoms with E-state index in [0.29, 0.717) is 29.2 Å². The first kappa shape index (κ1) is 23.2. The number of nitrogens with zero attached hydrogens (tertiary/aromatic N) is 1. The number of amides is 1. The number of hydrogen-bond acceptors (Lipinski definition) is 3. The summed E-state index contributed by atoms with van der Waals surface area (Å²) in [5, 5.41) is 0. The predicted molar refractivity (Wildman–Crippen MR) is 135 cm³/mol. The largest absolute Gasteiger partial charge is 0.493 e. The Morgan fingerprint density at radius 2 is 1.74 bits per heavy atom. The van der Waals surface area contributed by atoms with E-state index in [4.69, 9.17) is 9.47 Å². The monoisotopic (exact) mass is 471 g/mol. The van der Waals surface area contributed by atoms with Crippen LogP contribution in [0.2, 0.25) is 0 Å². The Bertz CT molecular complexity index is 1260. The zero-order valence-electron chi connectivity index (χ0n) is 20.3. The number of fused-ring (bicyclic) bond motifs is 1. The number of carbonyl (C=O) groups is 1. The van der Waals surface area contributed by atoms with Crippen molar-refractivity contribution in [2.75, 3.05) is 14.2 Å². The van der Waals surface area contributed by atoms with Crippen molar-refractivity contribution in [2.24, 2.45) is 17.8 Å². The maximum atomic E-state index is 15.1. The van der Waals surface area contributed by atoms with E-state index in [9.17, 15) is 4.79 Å². The minimum Gasteiger partial charge on any atom is -0.493 e. The Kier molecular flexibility index (Phi) is 6.33. The molecule has 4 atom stereocenters. The molecule has 0 spiro atoms. The molecule has 1 heterocycles. The lowest BCUT2D eigenvalue weighted by Crippen LogP contribution is -2.30. The fourth-order valence-electron chi connectivity index (χ4n) is 5.65. The zero-order chi connectivity index (χ0) is 24.5. The molecule has 3 aromatic carbocycles. The van der Waals surface area contributed by atoms with Gasteiger partial charge in [0.25, 0.3) is 0 Å². The number of allylic oxidation sites excluding steroid dienone is 1. The molecule has 5 heteroatoms. The molecule has 0 saturated carbocycles. The topological polar surface area (TPSA) is 38.8 Å². The van der Waals surface area contributed by atoms with Crippen molar-refractivity contribution in [3.05, 3.63) is 95.8 Å². The van der Waals surface area contributed by atoms with E-state index in [1.54, 1.807) is 26.4 Å². The summed E-state index contributed by atoms with van der Waals surface area (Å²) in [4.78, 5) is 15.7. The number of benzene rings is 3. The van der Waals surface area contributed by atoms with Crippen LogP contribution in [0.15, 0.2) is 78.9 Å². The fraction of sp³-hybridized carbons (Fsp3) is 0.300. The van der Waals surface area contributed by atoms with Gasteiger partial charge in [-0.1, -0.05) is 61.5 Å². The van der Waals surface area contributed by atoms with Crippen LogP contribution in [0.4, 0.5) is 4.39 Å². The number of hydrogen-bond donors (Lipinski definition) is 0. The second-order valence-corrected chi connectivity index (χ2v) is 9.45. The normalized spacial score (nSPS) is 23.3. The third-order valence-corrected chi connectivity index (χ3v) is 7.38. The highest BCUT2D eigenvalue weighted by Crippen LogP contribution is 2.49. The Hall–Kier alpha value is -3.60. The summed E-state index contributed by atoms with van der Waals surface area (Å²) in [7, 11) is 3.14. The lowest BCUT2D eigenvalue weighted by Gasteiger charge is -2.30. The fourth-order valence-corrected chi connectivity index (χ4v) is 5.65. The molecule has 4 nitrogen and oxygen atoms in total. The van der Waals surface area contributed by atoms with Crippen LogP contribution >= 0.6 is 0 Å². The molecule has 0 aromatic heterocycles. The highest BCUT2D eigenvalue weighted by molar-refractivity contribution is 5.83. The first-order valence-corrected chi connectivity index (χ1v) is 12.0. The SMILES string of the molecule is COc1ccc(-c2cc([C@H]3[C@@H]4C=CC[C@H](C)[C@H]4C(=O)N3Cc3ccccc3)ccc2F)cc1OC. The number of rotatable bonds is 6. The molecule has 35 heavy (non-hydrogen) atoms. The van der Waals surface area contributed by atoms with E-state index >= 15 is 4.39 Å². The van der Waals surface area contributed by atoms with Gasteiger partial charge >= 0.3 is 0 Å². The average Bonchev–Trinajstić information content (AvgIpc) is 3.16.